The Balaban J connectivity index is 2.88. The summed E-state index contributed by atoms with van der Waals surface area (Å²) in [6, 6.07) is 6.25. The second kappa shape index (κ2) is 5.01. The van der Waals surface area contributed by atoms with Gasteiger partial charge in [-0.3, -0.25) is 14.2 Å². The van der Waals surface area contributed by atoms with E-state index < -0.39 is 18.1 Å². The quantitative estimate of drug-likeness (QED) is 0.893. The fourth-order valence-corrected chi connectivity index (χ4v) is 2.00. The highest BCUT2D eigenvalue weighted by Gasteiger charge is 2.14. The molecule has 0 saturated heterocycles. The molecule has 2 rings (SSSR count). The van der Waals surface area contributed by atoms with Crippen LogP contribution in [0.25, 0.3) is 10.9 Å². The number of rotatable bonds is 4. The number of aliphatic carboxylic acids is 1. The molecule has 0 radical (unpaired) electrons. The van der Waals surface area contributed by atoms with Gasteiger partial charge in [0.05, 0.1) is 19.7 Å². The number of hydrogen-bond acceptors (Lipinski definition) is 4. The number of nitrogens with zero attached hydrogens (tertiary/aromatic N) is 1. The largest absolute Gasteiger partial charge is 0.496 e. The Bertz CT molecular complexity index is 689. The Kier molecular flexibility index (Phi) is 3.41. The lowest BCUT2D eigenvalue weighted by molar-refractivity contribution is -0.137. The van der Waals surface area contributed by atoms with Gasteiger partial charge in [-0.2, -0.15) is 0 Å². The maximum Gasteiger partial charge on any atom is 0.323 e. The number of carboxylic acid groups (broad SMARTS) is 1. The van der Waals surface area contributed by atoms with Crippen LogP contribution in [0.15, 0.2) is 29.1 Å². The topological polar surface area (TPSA) is 77.8 Å². The first kappa shape index (κ1) is 12.9. The number of carboxylic acids is 1. The van der Waals surface area contributed by atoms with Crippen LogP contribution < -0.4 is 15.0 Å². The van der Waals surface area contributed by atoms with Gasteiger partial charge in [0, 0.05) is 11.5 Å². The smallest absolute Gasteiger partial charge is 0.323 e. The molecule has 0 atom stereocenters. The van der Waals surface area contributed by atoms with Gasteiger partial charge in [0.2, 0.25) is 0 Å². The maximum absolute atomic E-state index is 11.8. The zero-order chi connectivity index (χ0) is 14.0. The molecule has 0 unspecified atom stereocenters. The molecule has 2 aromatic rings. The van der Waals surface area contributed by atoms with Gasteiger partial charge in [-0.1, -0.05) is 0 Å². The zero-order valence-corrected chi connectivity index (χ0v) is 10.5. The summed E-state index contributed by atoms with van der Waals surface area (Å²) in [6.07, 6.45) is 0. The minimum Gasteiger partial charge on any atom is -0.496 e. The van der Waals surface area contributed by atoms with Gasteiger partial charge in [-0.05, 0) is 18.2 Å². The van der Waals surface area contributed by atoms with E-state index in [1.807, 2.05) is 0 Å². The van der Waals surface area contributed by atoms with Gasteiger partial charge in [0.15, 0.2) is 0 Å². The van der Waals surface area contributed by atoms with Crippen LogP contribution in [0.4, 0.5) is 0 Å². The Morgan fingerprint density at radius 2 is 1.79 bits per heavy atom. The van der Waals surface area contributed by atoms with Gasteiger partial charge in [0.25, 0.3) is 5.56 Å². The second-order valence-corrected chi connectivity index (χ2v) is 3.88. The molecule has 0 saturated carbocycles. The third-order valence-electron chi connectivity index (χ3n) is 2.80. The lowest BCUT2D eigenvalue weighted by Crippen LogP contribution is -2.24. The van der Waals surface area contributed by atoms with E-state index in [1.54, 1.807) is 18.2 Å². The van der Waals surface area contributed by atoms with Crippen molar-refractivity contribution in [3.63, 3.8) is 0 Å². The van der Waals surface area contributed by atoms with Crippen LogP contribution in [0.5, 0.6) is 11.5 Å². The summed E-state index contributed by atoms with van der Waals surface area (Å²) < 4.78 is 11.6. The summed E-state index contributed by atoms with van der Waals surface area (Å²) in [7, 11) is 2.97. The van der Waals surface area contributed by atoms with Gasteiger partial charge >= 0.3 is 5.97 Å². The molecule has 6 heteroatoms. The van der Waals surface area contributed by atoms with E-state index in [2.05, 4.69) is 0 Å². The lowest BCUT2D eigenvalue weighted by atomic mass is 10.1. The fraction of sp³-hybridized carbons (Fsp3) is 0.231. The van der Waals surface area contributed by atoms with Crippen LogP contribution in [0.2, 0.25) is 0 Å². The Labute approximate surface area is 108 Å². The van der Waals surface area contributed by atoms with Crippen LogP contribution in [0.1, 0.15) is 0 Å². The average molecular weight is 263 g/mol. The molecular weight excluding hydrogens is 250 g/mol. The number of hydrogen-bond donors (Lipinski definition) is 1. The first-order chi connectivity index (χ1) is 9.08. The van der Waals surface area contributed by atoms with Crippen LogP contribution in [-0.2, 0) is 11.3 Å². The summed E-state index contributed by atoms with van der Waals surface area (Å²) in [5, 5.41) is 9.54. The third-order valence-corrected chi connectivity index (χ3v) is 2.80. The molecule has 1 aromatic heterocycles. The first-order valence-corrected chi connectivity index (χ1v) is 5.54. The van der Waals surface area contributed by atoms with Gasteiger partial charge in [0.1, 0.15) is 18.0 Å². The van der Waals surface area contributed by atoms with Crippen LogP contribution in [0.3, 0.4) is 0 Å². The summed E-state index contributed by atoms with van der Waals surface area (Å²) in [5.41, 5.74) is 0.0122. The minimum atomic E-state index is -1.10. The van der Waals surface area contributed by atoms with Gasteiger partial charge < -0.3 is 14.6 Å². The summed E-state index contributed by atoms with van der Waals surface area (Å²) in [5.74, 6) is -0.121. The number of carbonyl (C=O) groups is 1. The predicted molar refractivity (Wildman–Crippen MR) is 68.9 cm³/mol. The molecule has 0 spiro atoms. The molecule has 1 N–H and O–H groups in total. The lowest BCUT2D eigenvalue weighted by Gasteiger charge is -2.13. The van der Waals surface area contributed by atoms with E-state index in [9.17, 15) is 9.59 Å². The predicted octanol–water partition coefficient (Wildman–Crippen LogP) is 1.10. The van der Waals surface area contributed by atoms with Gasteiger partial charge in [-0.25, -0.2) is 0 Å². The third kappa shape index (κ3) is 2.24. The molecule has 1 heterocycles. The van der Waals surface area contributed by atoms with E-state index in [1.165, 1.54) is 20.3 Å². The van der Waals surface area contributed by atoms with Crippen molar-refractivity contribution in [2.24, 2.45) is 0 Å². The van der Waals surface area contributed by atoms with Crippen LogP contribution >= 0.6 is 0 Å². The molecule has 0 fully saturated rings. The molecule has 0 aliphatic heterocycles. The molecule has 0 aliphatic rings. The Hall–Kier alpha value is -2.50. The zero-order valence-electron chi connectivity index (χ0n) is 10.5. The van der Waals surface area contributed by atoms with E-state index in [0.29, 0.717) is 22.4 Å². The molecule has 0 bridgehead atoms. The van der Waals surface area contributed by atoms with Crippen molar-refractivity contribution >= 4 is 16.9 Å². The number of fused-ring (bicyclic) bond motifs is 1. The van der Waals surface area contributed by atoms with Crippen LogP contribution in [0, 0.1) is 0 Å². The SMILES string of the molecule is COc1ccc(OC)c2c1ccc(=O)n2CC(=O)O. The van der Waals surface area contributed by atoms with Crippen molar-refractivity contribution in [1.29, 1.82) is 0 Å². The molecule has 1 aromatic carbocycles. The number of methoxy groups -OCH3 is 2. The van der Waals surface area contributed by atoms with Crippen molar-refractivity contribution in [3.8, 4) is 11.5 Å². The van der Waals surface area contributed by atoms with Crippen molar-refractivity contribution in [1.82, 2.24) is 4.57 Å². The number of pyridine rings is 1. The fourth-order valence-electron chi connectivity index (χ4n) is 2.00. The monoisotopic (exact) mass is 263 g/mol. The summed E-state index contributed by atoms with van der Waals surface area (Å²) in [4.78, 5) is 22.7. The molecule has 0 amide bonds. The summed E-state index contributed by atoms with van der Waals surface area (Å²) in [6.45, 7) is -0.431. The normalized spacial score (nSPS) is 10.4. The molecular formula is C13H13NO5. The number of benzene rings is 1. The Morgan fingerprint density at radius 1 is 1.16 bits per heavy atom. The average Bonchev–Trinajstić information content (AvgIpc) is 2.40. The van der Waals surface area contributed by atoms with Crippen LogP contribution in [-0.4, -0.2) is 29.9 Å². The summed E-state index contributed by atoms with van der Waals surface area (Å²) >= 11 is 0. The highest BCUT2D eigenvalue weighted by Crippen LogP contribution is 2.31. The van der Waals surface area contributed by atoms with E-state index in [-0.39, 0.29) is 0 Å². The highest BCUT2D eigenvalue weighted by molar-refractivity contribution is 5.91. The number of ether oxygens (including phenoxy) is 2. The van der Waals surface area contributed by atoms with E-state index in [4.69, 9.17) is 14.6 Å². The van der Waals surface area contributed by atoms with Crippen molar-refractivity contribution in [2.75, 3.05) is 14.2 Å². The molecule has 100 valence electrons. The molecule has 0 aliphatic carbocycles. The Morgan fingerprint density at radius 3 is 2.37 bits per heavy atom. The second-order valence-electron chi connectivity index (χ2n) is 3.88. The highest BCUT2D eigenvalue weighted by atomic mass is 16.5. The standard InChI is InChI=1S/C13H13NO5/c1-18-9-4-5-10(19-2)13-8(9)3-6-11(15)14(13)7-12(16)17/h3-6H,7H2,1-2H3,(H,16,17). The minimum absolute atomic E-state index is 0.401. The first-order valence-electron chi connectivity index (χ1n) is 5.54. The van der Waals surface area contributed by atoms with Crippen molar-refractivity contribution in [2.45, 2.75) is 6.54 Å². The maximum atomic E-state index is 11.8. The van der Waals surface area contributed by atoms with E-state index >= 15 is 0 Å². The van der Waals surface area contributed by atoms with Gasteiger partial charge in [-0.15, -0.1) is 0 Å². The van der Waals surface area contributed by atoms with E-state index in [0.717, 1.165) is 4.57 Å². The van der Waals surface area contributed by atoms with Crippen molar-refractivity contribution < 1.29 is 19.4 Å². The number of aromatic nitrogens is 1. The molecule has 19 heavy (non-hydrogen) atoms. The van der Waals surface area contributed by atoms with Crippen molar-refractivity contribution in [3.05, 3.63) is 34.6 Å². The molecule has 6 nitrogen and oxygen atoms in total.